The highest BCUT2D eigenvalue weighted by atomic mass is 35.5. The summed E-state index contributed by atoms with van der Waals surface area (Å²) in [4.78, 5) is 8.32. The summed E-state index contributed by atoms with van der Waals surface area (Å²) < 4.78 is 13.9. The van der Waals surface area contributed by atoms with Crippen LogP contribution in [0.4, 0.5) is 21.6 Å². The minimum absolute atomic E-state index is 0.00195. The van der Waals surface area contributed by atoms with Crippen LogP contribution in [0.2, 0.25) is 5.02 Å². The predicted molar refractivity (Wildman–Crippen MR) is 115 cm³/mol. The van der Waals surface area contributed by atoms with Crippen LogP contribution in [0.25, 0.3) is 5.57 Å². The van der Waals surface area contributed by atoms with Gasteiger partial charge < -0.3 is 21.9 Å². The van der Waals surface area contributed by atoms with E-state index in [1.165, 1.54) is 12.1 Å². The minimum atomic E-state index is -0.527. The van der Waals surface area contributed by atoms with Gasteiger partial charge in [-0.1, -0.05) is 17.7 Å². The molecule has 1 aromatic carbocycles. The number of aromatic nitrogens is 1. The molecular weight excluding hydrogens is 381 g/mol. The molecule has 2 rings (SSSR count). The molecule has 1 atom stereocenters. The molecule has 0 aliphatic rings. The van der Waals surface area contributed by atoms with Crippen molar-refractivity contribution in [1.82, 2.24) is 4.98 Å². The lowest BCUT2D eigenvalue weighted by Crippen LogP contribution is -2.13. The first-order valence-electron chi connectivity index (χ1n) is 8.88. The second kappa shape index (κ2) is 10.1. The van der Waals surface area contributed by atoms with Gasteiger partial charge in [0.1, 0.15) is 11.6 Å². The number of unbranched alkanes of at least 4 members (excludes halogenated alkanes) is 1. The lowest BCUT2D eigenvalue weighted by Gasteiger charge is -2.20. The summed E-state index contributed by atoms with van der Waals surface area (Å²) in [6, 6.07) is 4.15. The number of nitrogens with one attached hydrogen (secondary N) is 1. The van der Waals surface area contributed by atoms with E-state index in [1.54, 1.807) is 19.5 Å². The summed E-state index contributed by atoms with van der Waals surface area (Å²) in [5.74, 6) is -0.231. The van der Waals surface area contributed by atoms with Crippen molar-refractivity contribution >= 4 is 40.6 Å². The molecule has 0 radical (unpaired) electrons. The van der Waals surface area contributed by atoms with E-state index < -0.39 is 11.9 Å². The average molecular weight is 406 g/mol. The highest BCUT2D eigenvalue weighted by Crippen LogP contribution is 2.34. The molecular formula is C20H25ClFN5O. The number of aliphatic hydroxyl groups excluding tert-OH is 1. The summed E-state index contributed by atoms with van der Waals surface area (Å²) in [7, 11) is 1.68. The van der Waals surface area contributed by atoms with E-state index in [9.17, 15) is 4.39 Å². The standard InChI is InChI=1S/C20H25ClFN5O/c1-12(18-15(21)6-7-16(22)19(18)23)27-17-9-14(11-26-20(17)24)13(10-25-2)5-3-4-8-28/h5-7,9-12,27-28H,3-4,8,23H2,1-2H3,(H2,24,26)/b13-5+,25-10?. The zero-order valence-corrected chi connectivity index (χ0v) is 16.7. The van der Waals surface area contributed by atoms with Gasteiger partial charge in [-0.2, -0.15) is 0 Å². The molecule has 0 aliphatic carbocycles. The van der Waals surface area contributed by atoms with Crippen LogP contribution in [-0.2, 0) is 0 Å². The number of nitrogens with zero attached hydrogens (tertiary/aromatic N) is 2. The maximum Gasteiger partial charge on any atom is 0.146 e. The molecule has 1 heterocycles. The largest absolute Gasteiger partial charge is 0.396 e. The van der Waals surface area contributed by atoms with E-state index >= 15 is 0 Å². The SMILES string of the molecule is CN=C/C(=C\CCCO)c1cnc(N)c(NC(C)c2c(Cl)ccc(F)c2N)c1. The molecule has 0 fully saturated rings. The van der Waals surface area contributed by atoms with Crippen molar-refractivity contribution in [3.05, 3.63) is 52.4 Å². The van der Waals surface area contributed by atoms with Gasteiger partial charge in [0.05, 0.1) is 17.4 Å². The van der Waals surface area contributed by atoms with Crippen LogP contribution in [0, 0.1) is 5.82 Å². The monoisotopic (exact) mass is 405 g/mol. The summed E-state index contributed by atoms with van der Waals surface area (Å²) in [5.41, 5.74) is 14.6. The maximum absolute atomic E-state index is 13.9. The first kappa shape index (κ1) is 21.7. The van der Waals surface area contributed by atoms with Crippen molar-refractivity contribution in [1.29, 1.82) is 0 Å². The normalized spacial score (nSPS) is 13.1. The van der Waals surface area contributed by atoms with Gasteiger partial charge in [0.2, 0.25) is 0 Å². The maximum atomic E-state index is 13.9. The second-order valence-electron chi connectivity index (χ2n) is 6.29. The van der Waals surface area contributed by atoms with Crippen molar-refractivity contribution in [2.24, 2.45) is 4.99 Å². The molecule has 2 aromatic rings. The second-order valence-corrected chi connectivity index (χ2v) is 6.70. The van der Waals surface area contributed by atoms with E-state index in [0.717, 1.165) is 11.1 Å². The Labute approximate surface area is 169 Å². The molecule has 0 bridgehead atoms. The third-order valence-electron chi connectivity index (χ3n) is 4.23. The van der Waals surface area contributed by atoms with Crippen molar-refractivity contribution in [2.75, 3.05) is 30.4 Å². The van der Waals surface area contributed by atoms with Gasteiger partial charge in [-0.15, -0.1) is 0 Å². The number of anilines is 3. The van der Waals surface area contributed by atoms with Crippen LogP contribution < -0.4 is 16.8 Å². The number of halogens is 2. The Balaban J connectivity index is 2.35. The number of nitrogens with two attached hydrogens (primary N) is 2. The summed E-state index contributed by atoms with van der Waals surface area (Å²) >= 11 is 6.22. The topological polar surface area (TPSA) is 110 Å². The zero-order chi connectivity index (χ0) is 20.7. The molecule has 8 heteroatoms. The smallest absolute Gasteiger partial charge is 0.146 e. The molecule has 0 saturated carbocycles. The van der Waals surface area contributed by atoms with Gasteiger partial charge >= 0.3 is 0 Å². The Hall–Kier alpha value is -2.64. The summed E-state index contributed by atoms with van der Waals surface area (Å²) in [5, 5.41) is 12.6. The lowest BCUT2D eigenvalue weighted by atomic mass is 10.0. The minimum Gasteiger partial charge on any atom is -0.396 e. The van der Waals surface area contributed by atoms with E-state index in [0.29, 0.717) is 34.9 Å². The number of benzene rings is 1. The quantitative estimate of drug-likeness (QED) is 0.300. The number of aliphatic imine (C=N–C) groups is 1. The van der Waals surface area contributed by atoms with E-state index in [-0.39, 0.29) is 12.3 Å². The molecule has 0 saturated heterocycles. The van der Waals surface area contributed by atoms with Gasteiger partial charge in [0.25, 0.3) is 0 Å². The predicted octanol–water partition coefficient (Wildman–Crippen LogP) is 4.07. The Bertz CT molecular complexity index is 885. The number of nitrogen functional groups attached to an aromatic ring is 2. The number of pyridine rings is 1. The average Bonchev–Trinajstić information content (AvgIpc) is 2.66. The van der Waals surface area contributed by atoms with E-state index in [1.807, 2.05) is 19.1 Å². The van der Waals surface area contributed by atoms with Crippen molar-refractivity contribution < 1.29 is 9.50 Å². The van der Waals surface area contributed by atoms with Gasteiger partial charge in [-0.3, -0.25) is 4.99 Å². The van der Waals surface area contributed by atoms with Crippen LogP contribution in [0.5, 0.6) is 0 Å². The zero-order valence-electron chi connectivity index (χ0n) is 15.9. The third kappa shape index (κ3) is 5.21. The Morgan fingerprint density at radius 3 is 2.86 bits per heavy atom. The molecule has 6 nitrogen and oxygen atoms in total. The van der Waals surface area contributed by atoms with Crippen molar-refractivity contribution in [2.45, 2.75) is 25.8 Å². The van der Waals surface area contributed by atoms with Crippen LogP contribution in [-0.4, -0.2) is 30.0 Å². The molecule has 150 valence electrons. The third-order valence-corrected chi connectivity index (χ3v) is 4.56. The van der Waals surface area contributed by atoms with Gasteiger partial charge in [-0.25, -0.2) is 9.37 Å². The summed E-state index contributed by atoms with van der Waals surface area (Å²) in [6.07, 6.45) is 6.71. The van der Waals surface area contributed by atoms with Crippen molar-refractivity contribution in [3.63, 3.8) is 0 Å². The first-order valence-corrected chi connectivity index (χ1v) is 9.25. The molecule has 0 aliphatic heterocycles. The van der Waals surface area contributed by atoms with Crippen molar-refractivity contribution in [3.8, 4) is 0 Å². The van der Waals surface area contributed by atoms with Gasteiger partial charge in [0, 0.05) is 42.2 Å². The number of rotatable bonds is 8. The number of hydrogen-bond acceptors (Lipinski definition) is 6. The molecule has 28 heavy (non-hydrogen) atoms. The Kier molecular flexibility index (Phi) is 7.78. The summed E-state index contributed by atoms with van der Waals surface area (Å²) in [6.45, 7) is 1.93. The number of aliphatic hydroxyl groups is 1. The van der Waals surface area contributed by atoms with E-state index in [4.69, 9.17) is 28.2 Å². The van der Waals surface area contributed by atoms with Crippen LogP contribution in [0.15, 0.2) is 35.5 Å². The van der Waals surface area contributed by atoms with Crippen LogP contribution >= 0.6 is 11.6 Å². The fourth-order valence-corrected chi connectivity index (χ4v) is 3.14. The Morgan fingerprint density at radius 1 is 1.43 bits per heavy atom. The molecule has 0 amide bonds. The van der Waals surface area contributed by atoms with Crippen LogP contribution in [0.1, 0.15) is 36.9 Å². The molecule has 6 N–H and O–H groups in total. The number of hydrogen-bond donors (Lipinski definition) is 4. The van der Waals surface area contributed by atoms with Crippen LogP contribution in [0.3, 0.4) is 0 Å². The Morgan fingerprint density at radius 2 is 2.18 bits per heavy atom. The fraction of sp³-hybridized carbons (Fsp3) is 0.300. The van der Waals surface area contributed by atoms with Gasteiger partial charge in [-0.05, 0) is 43.5 Å². The van der Waals surface area contributed by atoms with E-state index in [2.05, 4.69) is 15.3 Å². The molecule has 0 spiro atoms. The number of allylic oxidation sites excluding steroid dienone is 2. The molecule has 1 unspecified atom stereocenters. The molecule has 1 aromatic heterocycles. The van der Waals surface area contributed by atoms with Gasteiger partial charge in [0.15, 0.2) is 0 Å². The fourth-order valence-electron chi connectivity index (χ4n) is 2.81. The lowest BCUT2D eigenvalue weighted by molar-refractivity contribution is 0.290. The highest BCUT2D eigenvalue weighted by molar-refractivity contribution is 6.31. The first-order chi connectivity index (χ1) is 13.4. The highest BCUT2D eigenvalue weighted by Gasteiger charge is 2.18.